The molecule has 0 saturated heterocycles. The monoisotopic (exact) mass is 387 g/mol. The van der Waals surface area contributed by atoms with E-state index in [0.717, 1.165) is 16.0 Å². The fourth-order valence-corrected chi connectivity index (χ4v) is 3.55. The maximum absolute atomic E-state index is 13.1. The zero-order valence-electron chi connectivity index (χ0n) is 14.9. The molecular formula is C18H17N3O5S. The van der Waals surface area contributed by atoms with E-state index in [1.807, 2.05) is 0 Å². The van der Waals surface area contributed by atoms with E-state index in [1.54, 1.807) is 36.6 Å². The fraction of sp³-hybridized carbons (Fsp3) is 0.222. The first-order valence-electron chi connectivity index (χ1n) is 8.10. The Hall–Kier alpha value is -3.20. The lowest BCUT2D eigenvalue weighted by molar-refractivity contribution is -0.114. The highest BCUT2D eigenvalue weighted by Crippen LogP contribution is 2.30. The van der Waals surface area contributed by atoms with E-state index in [4.69, 9.17) is 9.47 Å². The SMILES string of the molecule is CCOC(=O)c1nn(-c2cccc(OC)c2)c(=O)c2c(NC(C)=O)scc12. The molecule has 9 heteroatoms. The van der Waals surface area contributed by atoms with Crippen LogP contribution in [0.15, 0.2) is 34.4 Å². The molecule has 0 radical (unpaired) electrons. The maximum atomic E-state index is 13.1. The Morgan fingerprint density at radius 3 is 2.78 bits per heavy atom. The van der Waals surface area contributed by atoms with Crippen LogP contribution in [-0.4, -0.2) is 35.4 Å². The highest BCUT2D eigenvalue weighted by molar-refractivity contribution is 7.16. The van der Waals surface area contributed by atoms with Crippen LogP contribution in [0, 0.1) is 0 Å². The Morgan fingerprint density at radius 2 is 2.11 bits per heavy atom. The minimum atomic E-state index is -0.647. The molecule has 0 spiro atoms. The predicted molar refractivity (Wildman–Crippen MR) is 102 cm³/mol. The largest absolute Gasteiger partial charge is 0.497 e. The number of carbonyl (C=O) groups excluding carboxylic acids is 2. The summed E-state index contributed by atoms with van der Waals surface area (Å²) in [7, 11) is 1.51. The molecule has 1 aromatic carbocycles. The van der Waals surface area contributed by atoms with Crippen molar-refractivity contribution >= 4 is 39.0 Å². The molecule has 27 heavy (non-hydrogen) atoms. The lowest BCUT2D eigenvalue weighted by Gasteiger charge is -2.10. The summed E-state index contributed by atoms with van der Waals surface area (Å²) in [6.45, 7) is 3.20. The number of methoxy groups -OCH3 is 1. The van der Waals surface area contributed by atoms with Crippen LogP contribution < -0.4 is 15.6 Å². The summed E-state index contributed by atoms with van der Waals surface area (Å²) < 4.78 is 11.4. The van der Waals surface area contributed by atoms with E-state index >= 15 is 0 Å². The molecule has 0 aliphatic heterocycles. The number of nitrogens with zero attached hydrogens (tertiary/aromatic N) is 2. The second-order valence-corrected chi connectivity index (χ2v) is 6.40. The molecule has 1 N–H and O–H groups in total. The quantitative estimate of drug-likeness (QED) is 0.676. The fourth-order valence-electron chi connectivity index (χ4n) is 2.57. The van der Waals surface area contributed by atoms with Gasteiger partial charge in [0.15, 0.2) is 5.69 Å². The summed E-state index contributed by atoms with van der Waals surface area (Å²) in [5.74, 6) is -0.432. The number of hydrogen-bond acceptors (Lipinski definition) is 7. The number of amides is 1. The number of thiophene rings is 1. The molecule has 3 aromatic rings. The summed E-state index contributed by atoms with van der Waals surface area (Å²) in [6.07, 6.45) is 0. The number of nitrogens with one attached hydrogen (secondary N) is 1. The zero-order valence-corrected chi connectivity index (χ0v) is 15.8. The van der Waals surface area contributed by atoms with Crippen molar-refractivity contribution in [2.24, 2.45) is 0 Å². The van der Waals surface area contributed by atoms with E-state index in [2.05, 4.69) is 10.4 Å². The molecular weight excluding hydrogens is 370 g/mol. The highest BCUT2D eigenvalue weighted by atomic mass is 32.1. The summed E-state index contributed by atoms with van der Waals surface area (Å²) in [6, 6.07) is 6.73. The predicted octanol–water partition coefficient (Wildman–Crippen LogP) is 2.59. The van der Waals surface area contributed by atoms with Gasteiger partial charge in [0, 0.05) is 23.8 Å². The van der Waals surface area contributed by atoms with Crippen molar-refractivity contribution in [3.05, 3.63) is 45.7 Å². The number of ether oxygens (including phenoxy) is 2. The van der Waals surface area contributed by atoms with E-state index in [1.165, 1.54) is 14.0 Å². The second-order valence-electron chi connectivity index (χ2n) is 5.52. The van der Waals surface area contributed by atoms with Gasteiger partial charge in [-0.1, -0.05) is 6.07 Å². The number of benzene rings is 1. The van der Waals surface area contributed by atoms with Crippen LogP contribution in [0.1, 0.15) is 24.3 Å². The highest BCUT2D eigenvalue weighted by Gasteiger charge is 2.22. The molecule has 140 valence electrons. The van der Waals surface area contributed by atoms with Gasteiger partial charge in [0.1, 0.15) is 10.8 Å². The van der Waals surface area contributed by atoms with Crippen molar-refractivity contribution in [3.63, 3.8) is 0 Å². The summed E-state index contributed by atoms with van der Waals surface area (Å²) >= 11 is 1.15. The van der Waals surface area contributed by atoms with E-state index in [-0.39, 0.29) is 23.6 Å². The van der Waals surface area contributed by atoms with Crippen LogP contribution in [0.25, 0.3) is 16.5 Å². The average Bonchev–Trinajstić information content (AvgIpc) is 3.05. The van der Waals surface area contributed by atoms with Gasteiger partial charge in [-0.15, -0.1) is 11.3 Å². The topological polar surface area (TPSA) is 99.5 Å². The van der Waals surface area contributed by atoms with E-state index in [0.29, 0.717) is 21.8 Å². The third kappa shape index (κ3) is 3.54. The second kappa shape index (κ2) is 7.58. The number of aromatic nitrogens is 2. The van der Waals surface area contributed by atoms with Gasteiger partial charge in [0.05, 0.1) is 24.8 Å². The smallest absolute Gasteiger partial charge is 0.359 e. The van der Waals surface area contributed by atoms with Gasteiger partial charge in [0.2, 0.25) is 5.91 Å². The lowest BCUT2D eigenvalue weighted by Crippen LogP contribution is -2.25. The normalized spacial score (nSPS) is 10.6. The first-order chi connectivity index (χ1) is 13.0. The number of hydrogen-bond donors (Lipinski definition) is 1. The van der Waals surface area contributed by atoms with Crippen molar-refractivity contribution < 1.29 is 19.1 Å². The molecule has 1 amide bonds. The number of esters is 1. The van der Waals surface area contributed by atoms with Gasteiger partial charge in [-0.3, -0.25) is 9.59 Å². The molecule has 0 unspecified atom stereocenters. The molecule has 0 fully saturated rings. The van der Waals surface area contributed by atoms with E-state index in [9.17, 15) is 14.4 Å². The van der Waals surface area contributed by atoms with Crippen molar-refractivity contribution in [2.45, 2.75) is 13.8 Å². The van der Waals surface area contributed by atoms with Crippen molar-refractivity contribution in [3.8, 4) is 11.4 Å². The third-order valence-corrected chi connectivity index (χ3v) is 4.60. The van der Waals surface area contributed by atoms with Gasteiger partial charge in [-0.2, -0.15) is 9.78 Å². The maximum Gasteiger partial charge on any atom is 0.359 e. The van der Waals surface area contributed by atoms with Crippen LogP contribution in [0.3, 0.4) is 0 Å². The Bertz CT molecular complexity index is 1090. The molecule has 0 aliphatic carbocycles. The van der Waals surface area contributed by atoms with Gasteiger partial charge in [-0.25, -0.2) is 4.79 Å². The van der Waals surface area contributed by atoms with Crippen LogP contribution in [0.5, 0.6) is 5.75 Å². The number of carbonyl (C=O) groups is 2. The molecule has 0 bridgehead atoms. The minimum absolute atomic E-state index is 0.00196. The van der Waals surface area contributed by atoms with Crippen LogP contribution >= 0.6 is 11.3 Å². The third-order valence-electron chi connectivity index (χ3n) is 3.71. The Kier molecular flexibility index (Phi) is 5.22. The van der Waals surface area contributed by atoms with Gasteiger partial charge >= 0.3 is 5.97 Å². The Balaban J connectivity index is 2.32. The zero-order chi connectivity index (χ0) is 19.6. The lowest BCUT2D eigenvalue weighted by atomic mass is 10.2. The molecule has 0 atom stereocenters. The number of anilines is 1. The average molecular weight is 387 g/mol. The molecule has 0 aliphatic rings. The van der Waals surface area contributed by atoms with Crippen molar-refractivity contribution in [1.82, 2.24) is 9.78 Å². The summed E-state index contributed by atoms with van der Waals surface area (Å²) in [5, 5.41) is 9.36. The summed E-state index contributed by atoms with van der Waals surface area (Å²) in [5.41, 5.74) is -0.0369. The van der Waals surface area contributed by atoms with Crippen molar-refractivity contribution in [2.75, 3.05) is 19.0 Å². The first kappa shape index (κ1) is 18.6. The molecule has 2 aromatic heterocycles. The molecule has 0 saturated carbocycles. The van der Waals surface area contributed by atoms with Gasteiger partial charge in [0.25, 0.3) is 5.56 Å². The Morgan fingerprint density at radius 1 is 1.33 bits per heavy atom. The summed E-state index contributed by atoms with van der Waals surface area (Å²) in [4.78, 5) is 37.0. The minimum Gasteiger partial charge on any atom is -0.497 e. The standard InChI is InChI=1S/C18H17N3O5S/c1-4-26-18(24)15-13-9-27-16(19-10(2)22)14(13)17(23)21(20-15)11-6-5-7-12(8-11)25-3/h5-9H,4H2,1-3H3,(H,19,22). The molecule has 8 nitrogen and oxygen atoms in total. The Labute approximate surface area is 158 Å². The van der Waals surface area contributed by atoms with Crippen LogP contribution in [0.2, 0.25) is 0 Å². The van der Waals surface area contributed by atoms with Crippen molar-refractivity contribution in [1.29, 1.82) is 0 Å². The number of fused-ring (bicyclic) bond motifs is 1. The number of rotatable bonds is 5. The van der Waals surface area contributed by atoms with Gasteiger partial charge in [-0.05, 0) is 19.1 Å². The van der Waals surface area contributed by atoms with Gasteiger partial charge < -0.3 is 14.8 Å². The first-order valence-corrected chi connectivity index (χ1v) is 8.97. The molecule has 2 heterocycles. The van der Waals surface area contributed by atoms with Crippen LogP contribution in [0.4, 0.5) is 5.00 Å². The molecule has 3 rings (SSSR count). The van der Waals surface area contributed by atoms with E-state index < -0.39 is 11.5 Å². The van der Waals surface area contributed by atoms with Crippen LogP contribution in [-0.2, 0) is 9.53 Å².